The average Bonchev–Trinajstić information content (AvgIpc) is 2.66. The molecule has 0 saturated carbocycles. The number of carboxylic acids is 2. The fourth-order valence-corrected chi connectivity index (χ4v) is 2.95. The standard InChI is InChI=1S/C18H32N4O8S/c1-8(2)13(21-15(26)10(19)5-6-31-4)16(27)22-14(9(3)23)17(28)20-11(18(29)30)7-12(24)25/h8-11,13-14,23H,5-7,19H2,1-4H3,(H,20,28)(H,21,26)(H,22,27)(H,24,25)(H,29,30). The molecule has 12 nitrogen and oxygen atoms in total. The van der Waals surface area contributed by atoms with Gasteiger partial charge in [0.25, 0.3) is 0 Å². The van der Waals surface area contributed by atoms with E-state index in [0.717, 1.165) is 0 Å². The van der Waals surface area contributed by atoms with Crippen molar-refractivity contribution in [2.75, 3.05) is 12.0 Å². The van der Waals surface area contributed by atoms with E-state index < -0.39 is 72.3 Å². The molecule has 0 aliphatic heterocycles. The van der Waals surface area contributed by atoms with Crippen LogP contribution in [0.1, 0.15) is 33.6 Å². The number of carbonyl (C=O) groups excluding carboxylic acids is 3. The van der Waals surface area contributed by atoms with Gasteiger partial charge in [-0.15, -0.1) is 0 Å². The van der Waals surface area contributed by atoms with Crippen LogP contribution in [0.15, 0.2) is 0 Å². The van der Waals surface area contributed by atoms with E-state index >= 15 is 0 Å². The number of aliphatic carboxylic acids is 2. The summed E-state index contributed by atoms with van der Waals surface area (Å²) in [6.07, 6.45) is -0.0596. The quantitative estimate of drug-likeness (QED) is 0.152. The van der Waals surface area contributed by atoms with Crippen molar-refractivity contribution in [2.45, 2.75) is 63.9 Å². The maximum Gasteiger partial charge on any atom is 0.326 e. The minimum absolute atomic E-state index is 0.395. The van der Waals surface area contributed by atoms with Crippen LogP contribution in [0.4, 0.5) is 0 Å². The molecule has 0 aromatic rings. The fraction of sp³-hybridized carbons (Fsp3) is 0.722. The summed E-state index contributed by atoms with van der Waals surface area (Å²) in [4.78, 5) is 59.3. The summed E-state index contributed by atoms with van der Waals surface area (Å²) in [5.41, 5.74) is 5.81. The molecular weight excluding hydrogens is 432 g/mol. The molecule has 0 aliphatic rings. The lowest BCUT2D eigenvalue weighted by Crippen LogP contribution is -2.60. The highest BCUT2D eigenvalue weighted by molar-refractivity contribution is 7.98. The Balaban J connectivity index is 5.31. The maximum absolute atomic E-state index is 12.7. The number of hydrogen-bond donors (Lipinski definition) is 7. The molecule has 8 N–H and O–H groups in total. The van der Waals surface area contributed by atoms with E-state index in [2.05, 4.69) is 10.6 Å². The Labute approximate surface area is 184 Å². The average molecular weight is 465 g/mol. The van der Waals surface area contributed by atoms with Gasteiger partial charge in [0, 0.05) is 0 Å². The van der Waals surface area contributed by atoms with Gasteiger partial charge in [-0.1, -0.05) is 13.8 Å². The summed E-state index contributed by atoms with van der Waals surface area (Å²) in [5.74, 6) is -5.20. The zero-order chi connectivity index (χ0) is 24.3. The van der Waals surface area contributed by atoms with E-state index in [9.17, 15) is 29.1 Å². The molecule has 0 fully saturated rings. The molecule has 5 unspecified atom stereocenters. The number of carbonyl (C=O) groups is 5. The SMILES string of the molecule is CSCCC(N)C(=O)NC(C(=O)NC(C(=O)NC(CC(=O)O)C(=O)O)C(C)O)C(C)C. The van der Waals surface area contributed by atoms with Crippen LogP contribution in [0, 0.1) is 5.92 Å². The molecule has 3 amide bonds. The van der Waals surface area contributed by atoms with Crippen LogP contribution in [0.5, 0.6) is 0 Å². The Hall–Kier alpha value is -2.38. The summed E-state index contributed by atoms with van der Waals surface area (Å²) in [7, 11) is 0. The lowest BCUT2D eigenvalue weighted by molar-refractivity contribution is -0.148. The third-order valence-corrected chi connectivity index (χ3v) is 4.92. The third kappa shape index (κ3) is 10.5. The monoisotopic (exact) mass is 464 g/mol. The first kappa shape index (κ1) is 28.6. The van der Waals surface area contributed by atoms with Gasteiger partial charge >= 0.3 is 11.9 Å². The molecule has 31 heavy (non-hydrogen) atoms. The molecule has 13 heteroatoms. The van der Waals surface area contributed by atoms with Crippen LogP contribution in [-0.2, 0) is 24.0 Å². The van der Waals surface area contributed by atoms with Crippen LogP contribution in [-0.4, -0.2) is 87.3 Å². The number of hydrogen-bond acceptors (Lipinski definition) is 8. The number of nitrogens with two attached hydrogens (primary N) is 1. The molecule has 178 valence electrons. The molecule has 0 radical (unpaired) electrons. The summed E-state index contributed by atoms with van der Waals surface area (Å²) in [5, 5.41) is 34.5. The zero-order valence-electron chi connectivity index (χ0n) is 18.0. The Kier molecular flexibility index (Phi) is 12.8. The van der Waals surface area contributed by atoms with E-state index in [1.807, 2.05) is 11.6 Å². The molecule has 0 heterocycles. The molecular formula is C18H32N4O8S. The van der Waals surface area contributed by atoms with Crippen molar-refractivity contribution >= 4 is 41.4 Å². The van der Waals surface area contributed by atoms with Crippen LogP contribution in [0.2, 0.25) is 0 Å². The topological polar surface area (TPSA) is 208 Å². The molecule has 0 bridgehead atoms. The van der Waals surface area contributed by atoms with Crippen molar-refractivity contribution < 1.29 is 39.3 Å². The van der Waals surface area contributed by atoms with Crippen molar-refractivity contribution in [3.63, 3.8) is 0 Å². The first-order chi connectivity index (χ1) is 14.3. The summed E-state index contributed by atoms with van der Waals surface area (Å²) >= 11 is 1.51. The van der Waals surface area contributed by atoms with Gasteiger partial charge in [-0.3, -0.25) is 19.2 Å². The molecule has 0 spiro atoms. The van der Waals surface area contributed by atoms with Gasteiger partial charge in [0.05, 0.1) is 18.6 Å². The highest BCUT2D eigenvalue weighted by Crippen LogP contribution is 2.06. The van der Waals surface area contributed by atoms with Gasteiger partial charge in [-0.25, -0.2) is 4.79 Å². The molecule has 0 aliphatic carbocycles. The number of aliphatic hydroxyl groups excluding tert-OH is 1. The van der Waals surface area contributed by atoms with Crippen molar-refractivity contribution in [1.29, 1.82) is 0 Å². The third-order valence-electron chi connectivity index (χ3n) is 4.27. The van der Waals surface area contributed by atoms with Gasteiger partial charge in [0.2, 0.25) is 17.7 Å². The van der Waals surface area contributed by atoms with E-state index in [-0.39, 0.29) is 0 Å². The maximum atomic E-state index is 12.7. The van der Waals surface area contributed by atoms with E-state index in [1.165, 1.54) is 18.7 Å². The fourth-order valence-electron chi connectivity index (χ4n) is 2.46. The first-order valence-electron chi connectivity index (χ1n) is 9.60. The Morgan fingerprint density at radius 3 is 1.84 bits per heavy atom. The van der Waals surface area contributed by atoms with E-state index in [0.29, 0.717) is 12.2 Å². The number of carboxylic acid groups (broad SMARTS) is 2. The van der Waals surface area contributed by atoms with E-state index in [1.54, 1.807) is 13.8 Å². The number of aliphatic hydroxyl groups is 1. The molecule has 0 saturated heterocycles. The van der Waals surface area contributed by atoms with Crippen molar-refractivity contribution in [1.82, 2.24) is 16.0 Å². The smallest absolute Gasteiger partial charge is 0.326 e. The summed E-state index contributed by atoms with van der Waals surface area (Å²) < 4.78 is 0. The molecule has 0 aromatic heterocycles. The number of amides is 3. The highest BCUT2D eigenvalue weighted by atomic mass is 32.2. The molecule has 0 aromatic carbocycles. The predicted molar refractivity (Wildman–Crippen MR) is 113 cm³/mol. The Morgan fingerprint density at radius 1 is 0.903 bits per heavy atom. The van der Waals surface area contributed by atoms with Gasteiger partial charge < -0.3 is 37.0 Å². The van der Waals surface area contributed by atoms with Crippen molar-refractivity contribution in [2.24, 2.45) is 11.7 Å². The van der Waals surface area contributed by atoms with Gasteiger partial charge in [-0.05, 0) is 31.3 Å². The first-order valence-corrected chi connectivity index (χ1v) is 11.0. The van der Waals surface area contributed by atoms with Crippen molar-refractivity contribution in [3.8, 4) is 0 Å². The Bertz CT molecular complexity index is 658. The van der Waals surface area contributed by atoms with Gasteiger partial charge in [-0.2, -0.15) is 11.8 Å². The van der Waals surface area contributed by atoms with Gasteiger partial charge in [0.1, 0.15) is 18.1 Å². The number of nitrogens with one attached hydrogen (secondary N) is 3. The summed E-state index contributed by atoms with van der Waals surface area (Å²) in [6.45, 7) is 4.50. The lowest BCUT2D eigenvalue weighted by atomic mass is 10.0. The molecule has 0 rings (SSSR count). The normalized spacial score (nSPS) is 15.8. The van der Waals surface area contributed by atoms with Crippen LogP contribution in [0.25, 0.3) is 0 Å². The van der Waals surface area contributed by atoms with Crippen molar-refractivity contribution in [3.05, 3.63) is 0 Å². The second-order valence-corrected chi connectivity index (χ2v) is 8.33. The van der Waals surface area contributed by atoms with Crippen LogP contribution < -0.4 is 21.7 Å². The predicted octanol–water partition coefficient (Wildman–Crippen LogP) is -1.88. The van der Waals surface area contributed by atoms with Crippen LogP contribution in [0.3, 0.4) is 0 Å². The highest BCUT2D eigenvalue weighted by Gasteiger charge is 2.34. The zero-order valence-corrected chi connectivity index (χ0v) is 18.8. The Morgan fingerprint density at radius 2 is 1.42 bits per heavy atom. The van der Waals surface area contributed by atoms with Gasteiger partial charge in [0.15, 0.2) is 0 Å². The lowest BCUT2D eigenvalue weighted by Gasteiger charge is -2.28. The minimum atomic E-state index is -1.75. The molecule has 5 atom stereocenters. The van der Waals surface area contributed by atoms with E-state index in [4.69, 9.17) is 15.9 Å². The number of thioether (sulfide) groups is 1. The summed E-state index contributed by atoms with van der Waals surface area (Å²) in [6, 6.07) is -5.23. The number of rotatable bonds is 14. The largest absolute Gasteiger partial charge is 0.481 e. The second kappa shape index (κ2) is 13.8. The minimum Gasteiger partial charge on any atom is -0.481 e. The van der Waals surface area contributed by atoms with Crippen LogP contribution >= 0.6 is 11.8 Å². The second-order valence-electron chi connectivity index (χ2n) is 7.34.